The summed E-state index contributed by atoms with van der Waals surface area (Å²) in [6.07, 6.45) is 0.208. The van der Waals surface area contributed by atoms with Crippen LogP contribution in [0.5, 0.6) is 0 Å². The van der Waals surface area contributed by atoms with Crippen molar-refractivity contribution >= 4 is 12.1 Å². The van der Waals surface area contributed by atoms with E-state index in [1.165, 1.54) is 4.90 Å². The van der Waals surface area contributed by atoms with E-state index in [4.69, 9.17) is 4.74 Å². The Morgan fingerprint density at radius 2 is 1.89 bits per heavy atom. The van der Waals surface area contributed by atoms with Gasteiger partial charge in [0.25, 0.3) is 0 Å². The summed E-state index contributed by atoms with van der Waals surface area (Å²) < 4.78 is 5.28. The van der Waals surface area contributed by atoms with E-state index in [9.17, 15) is 14.7 Å². The van der Waals surface area contributed by atoms with Crippen LogP contribution in [0.1, 0.15) is 27.2 Å². The maximum atomic E-state index is 12.0. The molecule has 1 aliphatic rings. The van der Waals surface area contributed by atoms with Crippen molar-refractivity contribution in [2.24, 2.45) is 5.92 Å². The molecule has 6 heteroatoms. The lowest BCUT2D eigenvalue weighted by Crippen LogP contribution is -2.53. The zero-order valence-corrected chi connectivity index (χ0v) is 12.3. The molecular formula is C13H24N2O4. The molecule has 1 saturated heterocycles. The number of nitrogens with zero attached hydrogens (tertiary/aromatic N) is 2. The van der Waals surface area contributed by atoms with Gasteiger partial charge in [0.1, 0.15) is 5.60 Å². The number of aliphatic carboxylic acids is 1. The van der Waals surface area contributed by atoms with Crippen LogP contribution in [-0.4, -0.2) is 65.8 Å². The van der Waals surface area contributed by atoms with Gasteiger partial charge in [-0.15, -0.1) is 0 Å². The topological polar surface area (TPSA) is 70.1 Å². The molecule has 1 amide bonds. The van der Waals surface area contributed by atoms with Crippen molar-refractivity contribution in [2.45, 2.75) is 38.8 Å². The fraction of sp³-hybridized carbons (Fsp3) is 0.846. The molecule has 1 N–H and O–H groups in total. The average Bonchev–Trinajstić information content (AvgIpc) is 2.25. The highest BCUT2D eigenvalue weighted by Gasteiger charge is 2.38. The lowest BCUT2D eigenvalue weighted by atomic mass is 9.91. The van der Waals surface area contributed by atoms with Gasteiger partial charge in [-0.05, 0) is 41.3 Å². The highest BCUT2D eigenvalue weighted by molar-refractivity contribution is 5.74. The van der Waals surface area contributed by atoms with E-state index in [0.29, 0.717) is 13.0 Å². The Kier molecular flexibility index (Phi) is 4.79. The van der Waals surface area contributed by atoms with Gasteiger partial charge >= 0.3 is 12.1 Å². The van der Waals surface area contributed by atoms with Gasteiger partial charge in [0, 0.05) is 19.1 Å². The van der Waals surface area contributed by atoms with Gasteiger partial charge in [0.2, 0.25) is 0 Å². The number of hydrogen-bond acceptors (Lipinski definition) is 4. The second kappa shape index (κ2) is 5.77. The summed E-state index contributed by atoms with van der Waals surface area (Å²) in [5.41, 5.74) is -0.561. The molecule has 0 aromatic rings. The van der Waals surface area contributed by atoms with E-state index in [1.807, 2.05) is 19.0 Å². The van der Waals surface area contributed by atoms with Crippen LogP contribution in [0, 0.1) is 5.92 Å². The minimum absolute atomic E-state index is 0.0452. The quantitative estimate of drug-likeness (QED) is 0.819. The molecule has 0 aliphatic carbocycles. The maximum Gasteiger partial charge on any atom is 0.410 e. The third-order valence-electron chi connectivity index (χ3n) is 3.21. The van der Waals surface area contributed by atoms with Gasteiger partial charge in [-0.3, -0.25) is 4.79 Å². The second-order valence-corrected chi connectivity index (χ2v) is 6.19. The van der Waals surface area contributed by atoms with Crippen molar-refractivity contribution in [3.8, 4) is 0 Å². The van der Waals surface area contributed by atoms with Crippen molar-refractivity contribution in [1.29, 1.82) is 0 Å². The first kappa shape index (κ1) is 15.8. The lowest BCUT2D eigenvalue weighted by Gasteiger charge is -2.39. The molecule has 0 radical (unpaired) electrons. The first-order valence-electron chi connectivity index (χ1n) is 6.49. The molecule has 0 bridgehead atoms. The minimum atomic E-state index is -0.869. The fourth-order valence-corrected chi connectivity index (χ4v) is 2.29. The van der Waals surface area contributed by atoms with Crippen molar-refractivity contribution in [2.75, 3.05) is 27.2 Å². The molecule has 2 atom stereocenters. The smallest absolute Gasteiger partial charge is 0.410 e. The molecule has 110 valence electrons. The SMILES string of the molecule is CN(C)C1CCN(C(=O)OC(C)(C)C)CC1C(=O)O. The summed E-state index contributed by atoms with van der Waals surface area (Å²) in [6, 6.07) is -0.0452. The number of rotatable bonds is 2. The van der Waals surface area contributed by atoms with E-state index in [-0.39, 0.29) is 12.6 Å². The maximum absolute atomic E-state index is 12.0. The van der Waals surface area contributed by atoms with E-state index >= 15 is 0 Å². The Morgan fingerprint density at radius 3 is 2.32 bits per heavy atom. The standard InChI is InChI=1S/C13H24N2O4/c1-13(2,3)19-12(18)15-7-6-10(14(4)5)9(8-15)11(16)17/h9-10H,6-8H2,1-5H3,(H,16,17). The van der Waals surface area contributed by atoms with Crippen molar-refractivity contribution in [3.05, 3.63) is 0 Å². The molecule has 0 saturated carbocycles. The fourth-order valence-electron chi connectivity index (χ4n) is 2.29. The molecule has 0 spiro atoms. The summed E-state index contributed by atoms with van der Waals surface area (Å²) >= 11 is 0. The van der Waals surface area contributed by atoms with Crippen molar-refractivity contribution < 1.29 is 19.4 Å². The van der Waals surface area contributed by atoms with Crippen LogP contribution >= 0.6 is 0 Å². The Bertz CT molecular complexity index is 349. The molecule has 1 fully saturated rings. The van der Waals surface area contributed by atoms with E-state index in [0.717, 1.165) is 0 Å². The zero-order chi connectivity index (χ0) is 14.8. The zero-order valence-electron chi connectivity index (χ0n) is 12.3. The number of carboxylic acids is 1. The number of piperidine rings is 1. The largest absolute Gasteiger partial charge is 0.481 e. The highest BCUT2D eigenvalue weighted by atomic mass is 16.6. The van der Waals surface area contributed by atoms with Gasteiger partial charge < -0.3 is 19.6 Å². The van der Waals surface area contributed by atoms with Crippen LogP contribution in [0.3, 0.4) is 0 Å². The summed E-state index contributed by atoms with van der Waals surface area (Å²) in [5.74, 6) is -1.44. The van der Waals surface area contributed by atoms with E-state index in [2.05, 4.69) is 0 Å². The molecule has 6 nitrogen and oxygen atoms in total. The molecule has 1 heterocycles. The van der Waals surface area contributed by atoms with Crippen LogP contribution in [-0.2, 0) is 9.53 Å². The predicted octanol–water partition coefficient (Wildman–Crippen LogP) is 1.26. The first-order valence-corrected chi connectivity index (χ1v) is 6.49. The summed E-state index contributed by atoms with van der Waals surface area (Å²) in [4.78, 5) is 26.7. The normalized spacial score (nSPS) is 24.4. The lowest BCUT2D eigenvalue weighted by molar-refractivity contribution is -0.146. The summed E-state index contributed by atoms with van der Waals surface area (Å²) in [6.45, 7) is 6.12. The minimum Gasteiger partial charge on any atom is -0.481 e. The van der Waals surface area contributed by atoms with Gasteiger partial charge in [-0.25, -0.2) is 4.79 Å². The molecule has 1 rings (SSSR count). The third-order valence-corrected chi connectivity index (χ3v) is 3.21. The molecule has 0 aromatic heterocycles. The Morgan fingerprint density at radius 1 is 1.32 bits per heavy atom. The second-order valence-electron chi connectivity index (χ2n) is 6.19. The van der Waals surface area contributed by atoms with Crippen molar-refractivity contribution in [3.63, 3.8) is 0 Å². The molecule has 19 heavy (non-hydrogen) atoms. The number of carbonyl (C=O) groups excluding carboxylic acids is 1. The number of hydrogen-bond donors (Lipinski definition) is 1. The van der Waals surface area contributed by atoms with Crippen LogP contribution in [0.2, 0.25) is 0 Å². The van der Waals surface area contributed by atoms with Gasteiger partial charge in [0.15, 0.2) is 0 Å². The predicted molar refractivity (Wildman–Crippen MR) is 71.0 cm³/mol. The highest BCUT2D eigenvalue weighted by Crippen LogP contribution is 2.22. The Hall–Kier alpha value is -1.30. The number of amides is 1. The Labute approximate surface area is 114 Å². The summed E-state index contributed by atoms with van der Waals surface area (Å²) in [7, 11) is 3.73. The third kappa shape index (κ3) is 4.38. The molecule has 1 aliphatic heterocycles. The van der Waals surface area contributed by atoms with Gasteiger partial charge in [0.05, 0.1) is 5.92 Å². The average molecular weight is 272 g/mol. The number of ether oxygens (including phenoxy) is 1. The van der Waals surface area contributed by atoms with Crippen LogP contribution < -0.4 is 0 Å². The first-order chi connectivity index (χ1) is 8.61. The molecular weight excluding hydrogens is 248 g/mol. The number of likely N-dealkylation sites (tertiary alicyclic amines) is 1. The molecule has 2 unspecified atom stereocenters. The van der Waals surface area contributed by atoms with Gasteiger partial charge in [-0.2, -0.15) is 0 Å². The monoisotopic (exact) mass is 272 g/mol. The van der Waals surface area contributed by atoms with Crippen LogP contribution in [0.4, 0.5) is 4.79 Å². The number of carboxylic acid groups (broad SMARTS) is 1. The Balaban J connectivity index is 2.71. The van der Waals surface area contributed by atoms with Crippen molar-refractivity contribution in [1.82, 2.24) is 9.80 Å². The number of carbonyl (C=O) groups is 2. The van der Waals surface area contributed by atoms with E-state index in [1.54, 1.807) is 20.8 Å². The summed E-state index contributed by atoms with van der Waals surface area (Å²) in [5, 5.41) is 9.28. The van der Waals surface area contributed by atoms with Gasteiger partial charge in [-0.1, -0.05) is 0 Å². The molecule has 0 aromatic carbocycles. The van der Waals surface area contributed by atoms with Crippen LogP contribution in [0.25, 0.3) is 0 Å². The van der Waals surface area contributed by atoms with E-state index < -0.39 is 23.6 Å². The van der Waals surface area contributed by atoms with Crippen LogP contribution in [0.15, 0.2) is 0 Å².